The highest BCUT2D eigenvalue weighted by Crippen LogP contribution is 2.33. The second kappa shape index (κ2) is 6.91. The van der Waals surface area contributed by atoms with Crippen LogP contribution in [0.25, 0.3) is 6.08 Å². The number of anilines is 1. The Labute approximate surface area is 158 Å². The maximum atomic E-state index is 12.9. The first kappa shape index (κ1) is 17.3. The molecule has 4 rings (SSSR count). The van der Waals surface area contributed by atoms with Crippen LogP contribution in [-0.4, -0.2) is 30.6 Å². The van der Waals surface area contributed by atoms with E-state index in [1.165, 1.54) is 0 Å². The molecule has 5 nitrogen and oxygen atoms in total. The van der Waals surface area contributed by atoms with E-state index in [0.29, 0.717) is 5.57 Å². The molecule has 0 saturated heterocycles. The van der Waals surface area contributed by atoms with Crippen LogP contribution >= 0.6 is 0 Å². The van der Waals surface area contributed by atoms with Crippen LogP contribution in [0.3, 0.4) is 0 Å². The van der Waals surface area contributed by atoms with E-state index in [-0.39, 0.29) is 18.6 Å². The number of amides is 1. The summed E-state index contributed by atoms with van der Waals surface area (Å²) < 4.78 is 11.1. The third-order valence-corrected chi connectivity index (χ3v) is 4.97. The van der Waals surface area contributed by atoms with Gasteiger partial charge in [-0.15, -0.1) is 0 Å². The van der Waals surface area contributed by atoms with E-state index >= 15 is 0 Å². The summed E-state index contributed by atoms with van der Waals surface area (Å²) in [4.78, 5) is 27.2. The summed E-state index contributed by atoms with van der Waals surface area (Å²) in [5.74, 6) is 0.00434. The average molecular weight is 363 g/mol. The molecule has 0 spiro atoms. The number of esters is 1. The quantitative estimate of drug-likeness (QED) is 0.785. The molecule has 27 heavy (non-hydrogen) atoms. The minimum atomic E-state index is -0.871. The van der Waals surface area contributed by atoms with Gasteiger partial charge in [-0.05, 0) is 44.0 Å². The Hall–Kier alpha value is -3.08. The lowest BCUT2D eigenvalue weighted by molar-refractivity contribution is -0.150. The van der Waals surface area contributed by atoms with Crippen molar-refractivity contribution in [1.29, 1.82) is 0 Å². The molecule has 2 aromatic carbocycles. The zero-order valence-electron chi connectivity index (χ0n) is 15.3. The minimum Gasteiger partial charge on any atom is -0.488 e. The van der Waals surface area contributed by atoms with Crippen molar-refractivity contribution >= 4 is 23.6 Å². The Morgan fingerprint density at radius 3 is 2.74 bits per heavy atom. The Kier molecular flexibility index (Phi) is 4.44. The van der Waals surface area contributed by atoms with Gasteiger partial charge in [0.1, 0.15) is 12.4 Å². The Morgan fingerprint density at radius 2 is 1.89 bits per heavy atom. The average Bonchev–Trinajstić information content (AvgIpc) is 3.02. The van der Waals surface area contributed by atoms with Crippen LogP contribution in [0, 0.1) is 0 Å². The van der Waals surface area contributed by atoms with Crippen LogP contribution in [0.2, 0.25) is 0 Å². The lowest BCUT2D eigenvalue weighted by atomic mass is 10.1. The lowest BCUT2D eigenvalue weighted by Gasteiger charge is -2.26. The van der Waals surface area contributed by atoms with Gasteiger partial charge in [0, 0.05) is 17.3 Å². The summed E-state index contributed by atoms with van der Waals surface area (Å²) in [5.41, 5.74) is 3.27. The molecular weight excluding hydrogens is 342 g/mol. The Morgan fingerprint density at radius 1 is 1.15 bits per heavy atom. The van der Waals surface area contributed by atoms with Gasteiger partial charge in [-0.1, -0.05) is 36.4 Å². The maximum Gasteiger partial charge on any atom is 0.338 e. The molecule has 138 valence electrons. The van der Waals surface area contributed by atoms with Crippen molar-refractivity contribution in [2.45, 2.75) is 32.4 Å². The summed E-state index contributed by atoms with van der Waals surface area (Å²) >= 11 is 0. The van der Waals surface area contributed by atoms with Crippen LogP contribution in [0.15, 0.2) is 54.1 Å². The second-order valence-corrected chi connectivity index (χ2v) is 6.93. The number of ether oxygens (including phenoxy) is 2. The van der Waals surface area contributed by atoms with Crippen molar-refractivity contribution in [3.8, 4) is 5.75 Å². The summed E-state index contributed by atoms with van der Waals surface area (Å²) in [5, 5.41) is 0. The number of nitrogens with zero attached hydrogens (tertiary/aromatic N) is 1. The summed E-state index contributed by atoms with van der Waals surface area (Å²) in [6.07, 6.45) is 1.69. The van der Waals surface area contributed by atoms with E-state index in [1.54, 1.807) is 17.9 Å². The zero-order chi connectivity index (χ0) is 19.0. The SMILES string of the molecule is C[C@@H]1Cc2ccccc2N1C(=O)[C@@H](C)OC(=O)C1=Cc2ccccc2OC1. The molecule has 2 aromatic rings. The highest BCUT2D eigenvalue weighted by molar-refractivity contribution is 6.02. The van der Waals surface area contributed by atoms with Crippen LogP contribution < -0.4 is 9.64 Å². The van der Waals surface area contributed by atoms with Crippen LogP contribution in [0.4, 0.5) is 5.69 Å². The third kappa shape index (κ3) is 3.21. The van der Waals surface area contributed by atoms with Crippen molar-refractivity contribution in [2.75, 3.05) is 11.5 Å². The summed E-state index contributed by atoms with van der Waals surface area (Å²) in [6, 6.07) is 15.4. The third-order valence-electron chi connectivity index (χ3n) is 4.97. The van der Waals surface area contributed by atoms with E-state index in [4.69, 9.17) is 9.47 Å². The molecule has 2 aliphatic heterocycles. The van der Waals surface area contributed by atoms with Gasteiger partial charge in [0.25, 0.3) is 5.91 Å². The number of fused-ring (bicyclic) bond motifs is 2. The van der Waals surface area contributed by atoms with Gasteiger partial charge in [0.15, 0.2) is 6.10 Å². The van der Waals surface area contributed by atoms with Crippen molar-refractivity contribution in [1.82, 2.24) is 0 Å². The molecule has 2 atom stereocenters. The van der Waals surface area contributed by atoms with Gasteiger partial charge < -0.3 is 14.4 Å². The number of carbonyl (C=O) groups excluding carboxylic acids is 2. The molecule has 5 heteroatoms. The van der Waals surface area contributed by atoms with Crippen LogP contribution in [-0.2, 0) is 20.7 Å². The van der Waals surface area contributed by atoms with E-state index in [0.717, 1.165) is 29.0 Å². The van der Waals surface area contributed by atoms with Crippen molar-refractivity contribution in [2.24, 2.45) is 0 Å². The maximum absolute atomic E-state index is 12.9. The van der Waals surface area contributed by atoms with Gasteiger partial charge in [-0.25, -0.2) is 4.79 Å². The van der Waals surface area contributed by atoms with Gasteiger partial charge in [0.05, 0.1) is 5.57 Å². The molecule has 2 heterocycles. The number of para-hydroxylation sites is 2. The van der Waals surface area contributed by atoms with Gasteiger partial charge in [-0.3, -0.25) is 4.79 Å². The Balaban J connectivity index is 1.48. The van der Waals surface area contributed by atoms with Crippen molar-refractivity contribution in [3.05, 3.63) is 65.2 Å². The highest BCUT2D eigenvalue weighted by atomic mass is 16.6. The molecular formula is C22H21NO4. The fourth-order valence-electron chi connectivity index (χ4n) is 3.62. The van der Waals surface area contributed by atoms with Gasteiger partial charge in [-0.2, -0.15) is 0 Å². The molecule has 0 N–H and O–H groups in total. The van der Waals surface area contributed by atoms with Gasteiger partial charge in [0.2, 0.25) is 0 Å². The largest absolute Gasteiger partial charge is 0.488 e. The monoisotopic (exact) mass is 363 g/mol. The molecule has 2 aliphatic rings. The number of hydrogen-bond donors (Lipinski definition) is 0. The van der Waals surface area contributed by atoms with E-state index in [9.17, 15) is 9.59 Å². The fourth-order valence-corrected chi connectivity index (χ4v) is 3.62. The second-order valence-electron chi connectivity index (χ2n) is 6.93. The van der Waals surface area contributed by atoms with Crippen LogP contribution in [0.5, 0.6) is 5.75 Å². The first-order valence-electron chi connectivity index (χ1n) is 9.09. The molecule has 0 bridgehead atoms. The topological polar surface area (TPSA) is 55.8 Å². The minimum absolute atomic E-state index is 0.0418. The highest BCUT2D eigenvalue weighted by Gasteiger charge is 2.35. The zero-order valence-corrected chi connectivity index (χ0v) is 15.3. The predicted octanol–water partition coefficient (Wildman–Crippen LogP) is 3.37. The number of hydrogen-bond acceptors (Lipinski definition) is 4. The fraction of sp³-hybridized carbons (Fsp3) is 0.273. The molecule has 0 unspecified atom stereocenters. The van der Waals surface area contributed by atoms with E-state index < -0.39 is 12.1 Å². The molecule has 0 radical (unpaired) electrons. The van der Waals surface area contributed by atoms with E-state index in [2.05, 4.69) is 0 Å². The smallest absolute Gasteiger partial charge is 0.338 e. The van der Waals surface area contributed by atoms with Crippen LogP contribution in [0.1, 0.15) is 25.0 Å². The molecule has 0 aromatic heterocycles. The normalized spacial score (nSPS) is 18.7. The first-order valence-corrected chi connectivity index (χ1v) is 9.09. The predicted molar refractivity (Wildman–Crippen MR) is 103 cm³/mol. The molecule has 0 aliphatic carbocycles. The van der Waals surface area contributed by atoms with Gasteiger partial charge >= 0.3 is 5.97 Å². The van der Waals surface area contributed by atoms with Crippen molar-refractivity contribution < 1.29 is 19.1 Å². The number of carbonyl (C=O) groups is 2. The Bertz CT molecular complexity index is 933. The molecule has 1 amide bonds. The molecule has 0 saturated carbocycles. The standard InChI is InChI=1S/C22H21NO4/c1-14-11-16-7-3-5-9-19(16)23(14)21(24)15(2)27-22(25)18-12-17-8-4-6-10-20(17)26-13-18/h3-10,12,14-15H,11,13H2,1-2H3/t14-,15-/m1/s1. The summed E-state index contributed by atoms with van der Waals surface area (Å²) in [7, 11) is 0. The lowest BCUT2D eigenvalue weighted by Crippen LogP contribution is -2.43. The van der Waals surface area contributed by atoms with E-state index in [1.807, 2.05) is 55.5 Å². The first-order chi connectivity index (χ1) is 13.0. The molecule has 0 fully saturated rings. The number of benzene rings is 2. The van der Waals surface area contributed by atoms with Crippen molar-refractivity contribution in [3.63, 3.8) is 0 Å². The number of rotatable bonds is 3. The summed E-state index contributed by atoms with van der Waals surface area (Å²) in [6.45, 7) is 3.76.